The Hall–Kier alpha value is -2.37. The van der Waals surface area contributed by atoms with Crippen LogP contribution >= 0.6 is 0 Å². The van der Waals surface area contributed by atoms with Crippen molar-refractivity contribution in [3.63, 3.8) is 0 Å². The summed E-state index contributed by atoms with van der Waals surface area (Å²) in [4.78, 5) is 17.5. The number of amides is 2. The molecule has 2 aromatic rings. The molecule has 2 atom stereocenters. The fourth-order valence-corrected chi connectivity index (χ4v) is 5.14. The van der Waals surface area contributed by atoms with Crippen molar-refractivity contribution in [2.45, 2.75) is 38.8 Å². The summed E-state index contributed by atoms with van der Waals surface area (Å²) >= 11 is 0. The first kappa shape index (κ1) is 22.8. The second-order valence-electron chi connectivity index (χ2n) is 9.55. The number of carbonyl (C=O) groups excluding carboxylic acids is 1. The number of nitrogens with one attached hydrogen (secondary N) is 2. The zero-order valence-electron chi connectivity index (χ0n) is 19.2. The van der Waals surface area contributed by atoms with Crippen molar-refractivity contribution in [3.8, 4) is 0 Å². The second-order valence-corrected chi connectivity index (χ2v) is 9.55. The maximum absolute atomic E-state index is 12.4. The summed E-state index contributed by atoms with van der Waals surface area (Å²) in [6, 6.07) is 21.3. The van der Waals surface area contributed by atoms with Gasteiger partial charge in [0.05, 0.1) is 0 Å². The molecule has 0 aliphatic carbocycles. The minimum absolute atomic E-state index is 0.00892. The molecule has 0 aromatic heterocycles. The molecule has 32 heavy (non-hydrogen) atoms. The van der Waals surface area contributed by atoms with Crippen LogP contribution in [0.4, 0.5) is 4.79 Å². The van der Waals surface area contributed by atoms with E-state index in [9.17, 15) is 4.79 Å². The van der Waals surface area contributed by atoms with E-state index in [-0.39, 0.29) is 6.03 Å². The molecule has 2 amide bonds. The Morgan fingerprint density at radius 1 is 0.719 bits per heavy atom. The molecule has 5 nitrogen and oxygen atoms in total. The molecule has 0 saturated carbocycles. The molecule has 2 aliphatic rings. The Kier molecular flexibility index (Phi) is 8.57. The van der Waals surface area contributed by atoms with Crippen LogP contribution in [0, 0.1) is 11.8 Å². The zero-order valence-corrected chi connectivity index (χ0v) is 19.2. The summed E-state index contributed by atoms with van der Waals surface area (Å²) in [5.41, 5.74) is 2.74. The van der Waals surface area contributed by atoms with E-state index in [0.717, 1.165) is 52.4 Å². The number of rotatable bonds is 8. The zero-order chi connectivity index (χ0) is 22.0. The van der Waals surface area contributed by atoms with Crippen LogP contribution in [0.1, 0.15) is 36.8 Å². The predicted molar refractivity (Wildman–Crippen MR) is 130 cm³/mol. The number of likely N-dealkylation sites (tertiary alicyclic amines) is 2. The molecule has 2 saturated heterocycles. The van der Waals surface area contributed by atoms with Crippen molar-refractivity contribution < 1.29 is 4.79 Å². The predicted octanol–water partition coefficient (Wildman–Crippen LogP) is 4.11. The molecule has 0 spiro atoms. The number of hydrogen-bond acceptors (Lipinski definition) is 3. The molecular formula is C27H38N4O. The van der Waals surface area contributed by atoms with Gasteiger partial charge in [-0.25, -0.2) is 4.79 Å². The van der Waals surface area contributed by atoms with E-state index in [1.54, 1.807) is 0 Å². The van der Waals surface area contributed by atoms with Gasteiger partial charge in [-0.3, -0.25) is 9.80 Å². The third-order valence-corrected chi connectivity index (χ3v) is 6.81. The minimum Gasteiger partial charge on any atom is -0.338 e. The highest BCUT2D eigenvalue weighted by atomic mass is 16.2. The summed E-state index contributed by atoms with van der Waals surface area (Å²) < 4.78 is 0. The number of nitrogens with zero attached hydrogens (tertiary/aromatic N) is 2. The first-order chi connectivity index (χ1) is 15.7. The molecule has 0 radical (unpaired) electrons. The fourth-order valence-electron chi connectivity index (χ4n) is 5.14. The van der Waals surface area contributed by atoms with E-state index >= 15 is 0 Å². The molecular weight excluding hydrogens is 396 g/mol. The van der Waals surface area contributed by atoms with Crippen molar-refractivity contribution in [3.05, 3.63) is 71.8 Å². The van der Waals surface area contributed by atoms with Gasteiger partial charge in [-0.1, -0.05) is 60.7 Å². The molecule has 2 N–H and O–H groups in total. The molecule has 172 valence electrons. The van der Waals surface area contributed by atoms with E-state index in [1.165, 1.54) is 36.8 Å². The Morgan fingerprint density at radius 3 is 1.59 bits per heavy atom. The Labute approximate surface area is 193 Å². The maximum Gasteiger partial charge on any atom is 0.314 e. The highest BCUT2D eigenvalue weighted by Gasteiger charge is 2.22. The lowest BCUT2D eigenvalue weighted by Crippen LogP contribution is -2.46. The van der Waals surface area contributed by atoms with Crippen LogP contribution in [0.3, 0.4) is 0 Å². The highest BCUT2D eigenvalue weighted by Crippen LogP contribution is 2.19. The van der Waals surface area contributed by atoms with Crippen LogP contribution in [0.2, 0.25) is 0 Å². The first-order valence-electron chi connectivity index (χ1n) is 12.3. The number of benzene rings is 2. The SMILES string of the molecule is O=C(NC[C@@H]1CCCN(Cc2ccccc2)C1)NC[C@@H]1CCCN(Cc2ccccc2)C1. The number of carbonyl (C=O) groups is 1. The summed E-state index contributed by atoms with van der Waals surface area (Å²) in [6.07, 6.45) is 4.81. The standard InChI is InChI=1S/C27H38N4O/c32-27(28-17-25-13-7-15-30(21-25)19-23-9-3-1-4-10-23)29-18-26-14-8-16-31(22-26)20-24-11-5-2-6-12-24/h1-6,9-12,25-26H,7-8,13-22H2,(H2,28,29,32)/t25-,26-/m0/s1. The van der Waals surface area contributed by atoms with Crippen molar-refractivity contribution in [2.75, 3.05) is 39.3 Å². The molecule has 2 aromatic carbocycles. The molecule has 0 unspecified atom stereocenters. The molecule has 2 aliphatic heterocycles. The third kappa shape index (κ3) is 7.35. The topological polar surface area (TPSA) is 47.6 Å². The van der Waals surface area contributed by atoms with Crippen molar-refractivity contribution in [1.29, 1.82) is 0 Å². The van der Waals surface area contributed by atoms with Gasteiger partial charge in [-0.2, -0.15) is 0 Å². The van der Waals surface area contributed by atoms with Crippen molar-refractivity contribution in [2.24, 2.45) is 11.8 Å². The summed E-state index contributed by atoms with van der Waals surface area (Å²) in [6.45, 7) is 7.97. The van der Waals surface area contributed by atoms with E-state index in [4.69, 9.17) is 0 Å². The largest absolute Gasteiger partial charge is 0.338 e. The second kappa shape index (κ2) is 12.0. The van der Waals surface area contributed by atoms with E-state index < -0.39 is 0 Å². The summed E-state index contributed by atoms with van der Waals surface area (Å²) in [7, 11) is 0. The van der Waals surface area contributed by atoms with Crippen LogP contribution in [-0.4, -0.2) is 55.1 Å². The molecule has 5 heteroatoms. The van der Waals surface area contributed by atoms with Gasteiger partial charge in [0.1, 0.15) is 0 Å². The monoisotopic (exact) mass is 434 g/mol. The van der Waals surface area contributed by atoms with Gasteiger partial charge in [-0.15, -0.1) is 0 Å². The van der Waals surface area contributed by atoms with Crippen LogP contribution in [-0.2, 0) is 13.1 Å². The third-order valence-electron chi connectivity index (χ3n) is 6.81. The van der Waals surface area contributed by atoms with Crippen molar-refractivity contribution in [1.82, 2.24) is 20.4 Å². The molecule has 2 heterocycles. The maximum atomic E-state index is 12.4. The van der Waals surface area contributed by atoms with Crippen LogP contribution in [0.25, 0.3) is 0 Å². The number of urea groups is 1. The molecule has 2 fully saturated rings. The van der Waals surface area contributed by atoms with Crippen LogP contribution in [0.5, 0.6) is 0 Å². The molecule has 0 bridgehead atoms. The van der Waals surface area contributed by atoms with E-state index in [1.807, 2.05) is 0 Å². The van der Waals surface area contributed by atoms with Crippen LogP contribution < -0.4 is 10.6 Å². The van der Waals surface area contributed by atoms with Gasteiger partial charge in [-0.05, 0) is 61.7 Å². The van der Waals surface area contributed by atoms with E-state index in [0.29, 0.717) is 11.8 Å². The number of hydrogen-bond donors (Lipinski definition) is 2. The summed E-state index contributed by atoms with van der Waals surface area (Å²) in [5.74, 6) is 1.07. The Balaban J connectivity index is 1.13. The first-order valence-corrected chi connectivity index (χ1v) is 12.3. The van der Waals surface area contributed by atoms with Gasteiger partial charge in [0.25, 0.3) is 0 Å². The lowest BCUT2D eigenvalue weighted by Gasteiger charge is -2.33. The van der Waals surface area contributed by atoms with Gasteiger partial charge < -0.3 is 10.6 Å². The molecule has 4 rings (SSSR count). The number of piperidine rings is 2. The Morgan fingerprint density at radius 2 is 1.16 bits per heavy atom. The smallest absolute Gasteiger partial charge is 0.314 e. The normalized spacial score (nSPS) is 22.4. The van der Waals surface area contributed by atoms with Crippen molar-refractivity contribution >= 4 is 6.03 Å². The van der Waals surface area contributed by atoms with E-state index in [2.05, 4.69) is 81.1 Å². The Bertz CT molecular complexity index is 745. The highest BCUT2D eigenvalue weighted by molar-refractivity contribution is 5.73. The minimum atomic E-state index is -0.00892. The van der Waals surface area contributed by atoms with Gasteiger partial charge in [0, 0.05) is 39.3 Å². The van der Waals surface area contributed by atoms with Gasteiger partial charge in [0.2, 0.25) is 0 Å². The summed E-state index contributed by atoms with van der Waals surface area (Å²) in [5, 5.41) is 6.27. The average Bonchev–Trinajstić information content (AvgIpc) is 2.83. The van der Waals surface area contributed by atoms with Gasteiger partial charge in [0.15, 0.2) is 0 Å². The fraction of sp³-hybridized carbons (Fsp3) is 0.519. The lowest BCUT2D eigenvalue weighted by molar-refractivity contribution is 0.160. The lowest BCUT2D eigenvalue weighted by atomic mass is 9.97. The van der Waals surface area contributed by atoms with Crippen LogP contribution in [0.15, 0.2) is 60.7 Å². The average molecular weight is 435 g/mol. The quantitative estimate of drug-likeness (QED) is 0.657. The van der Waals surface area contributed by atoms with Gasteiger partial charge >= 0.3 is 6.03 Å².